The fraction of sp³-hybridized carbons (Fsp3) is 0.308. The van der Waals surface area contributed by atoms with Gasteiger partial charge in [0.15, 0.2) is 0 Å². The smallest absolute Gasteiger partial charge is 0.137 e. The molecule has 3 heteroatoms. The second-order valence-electron chi connectivity index (χ2n) is 3.71. The summed E-state index contributed by atoms with van der Waals surface area (Å²) >= 11 is 1.88. The van der Waals surface area contributed by atoms with Gasteiger partial charge in [0.25, 0.3) is 0 Å². The van der Waals surface area contributed by atoms with E-state index in [9.17, 15) is 5.11 Å². The minimum atomic E-state index is 0.279. The van der Waals surface area contributed by atoms with Crippen molar-refractivity contribution in [3.8, 4) is 5.75 Å². The number of aryl methyl sites for hydroxylation is 1. The maximum atomic E-state index is 9.70. The largest absolute Gasteiger partial charge is 0.506 e. The van der Waals surface area contributed by atoms with Crippen molar-refractivity contribution in [2.75, 3.05) is 5.75 Å². The van der Waals surface area contributed by atoms with Gasteiger partial charge in [0.1, 0.15) is 5.75 Å². The van der Waals surface area contributed by atoms with Crippen molar-refractivity contribution in [1.82, 2.24) is 4.98 Å². The Hall–Kier alpha value is -1.22. The normalized spacial score (nSPS) is 10.9. The highest BCUT2D eigenvalue weighted by Crippen LogP contribution is 2.26. The molecule has 0 saturated carbocycles. The molecule has 0 aliphatic heterocycles. The monoisotopic (exact) mass is 233 g/mol. The Morgan fingerprint density at radius 3 is 2.94 bits per heavy atom. The molecule has 0 aliphatic carbocycles. The lowest BCUT2D eigenvalue weighted by Gasteiger charge is -2.07. The highest BCUT2D eigenvalue weighted by molar-refractivity contribution is 7.98. The van der Waals surface area contributed by atoms with Gasteiger partial charge >= 0.3 is 0 Å². The lowest BCUT2D eigenvalue weighted by molar-refractivity contribution is 0.469. The Morgan fingerprint density at radius 2 is 2.19 bits per heavy atom. The summed E-state index contributed by atoms with van der Waals surface area (Å²) in [5.41, 5.74) is 2.89. The molecule has 1 aromatic heterocycles. The van der Waals surface area contributed by atoms with E-state index in [0.717, 1.165) is 22.4 Å². The Kier molecular flexibility index (Phi) is 3.34. The van der Waals surface area contributed by atoms with Crippen molar-refractivity contribution in [1.29, 1.82) is 0 Å². The summed E-state index contributed by atoms with van der Waals surface area (Å²) in [6.07, 6.45) is 0. The van der Waals surface area contributed by atoms with Crippen LogP contribution in [0.1, 0.15) is 18.2 Å². The molecule has 1 aromatic carbocycles. The van der Waals surface area contributed by atoms with E-state index in [1.807, 2.05) is 36.9 Å². The van der Waals surface area contributed by atoms with Crippen LogP contribution < -0.4 is 0 Å². The average Bonchev–Trinajstić information content (AvgIpc) is 2.28. The van der Waals surface area contributed by atoms with E-state index in [0.29, 0.717) is 5.69 Å². The summed E-state index contributed by atoms with van der Waals surface area (Å²) in [5.74, 6) is 2.35. The quantitative estimate of drug-likeness (QED) is 0.880. The summed E-state index contributed by atoms with van der Waals surface area (Å²) < 4.78 is 0. The van der Waals surface area contributed by atoms with Crippen molar-refractivity contribution in [3.05, 3.63) is 35.5 Å². The van der Waals surface area contributed by atoms with E-state index in [1.165, 1.54) is 5.56 Å². The SMILES string of the molecule is CCSCc1cccc2nc(C)c(O)cc12. The lowest BCUT2D eigenvalue weighted by Crippen LogP contribution is -1.89. The Labute approximate surface area is 99.7 Å². The molecule has 16 heavy (non-hydrogen) atoms. The van der Waals surface area contributed by atoms with Crippen molar-refractivity contribution in [2.45, 2.75) is 19.6 Å². The van der Waals surface area contributed by atoms with Gasteiger partial charge in [-0.1, -0.05) is 19.1 Å². The van der Waals surface area contributed by atoms with Gasteiger partial charge in [-0.05, 0) is 30.4 Å². The van der Waals surface area contributed by atoms with Crippen LogP contribution in [0.5, 0.6) is 5.75 Å². The molecule has 2 nitrogen and oxygen atoms in total. The van der Waals surface area contributed by atoms with E-state index in [2.05, 4.69) is 18.0 Å². The standard InChI is InChI=1S/C13H15NOS/c1-3-16-8-10-5-4-6-12-11(10)7-13(15)9(2)14-12/h4-7,15H,3,8H2,1-2H3. The molecule has 0 unspecified atom stereocenters. The highest BCUT2D eigenvalue weighted by atomic mass is 32.2. The third-order valence-corrected chi connectivity index (χ3v) is 3.50. The van der Waals surface area contributed by atoms with E-state index >= 15 is 0 Å². The van der Waals surface area contributed by atoms with Gasteiger partial charge in [-0.2, -0.15) is 11.8 Å². The number of nitrogens with zero attached hydrogens (tertiary/aromatic N) is 1. The maximum Gasteiger partial charge on any atom is 0.137 e. The van der Waals surface area contributed by atoms with Gasteiger partial charge in [0.2, 0.25) is 0 Å². The van der Waals surface area contributed by atoms with Crippen LogP contribution in [-0.2, 0) is 5.75 Å². The van der Waals surface area contributed by atoms with Gasteiger partial charge in [-0.3, -0.25) is 0 Å². The fourth-order valence-electron chi connectivity index (χ4n) is 1.68. The van der Waals surface area contributed by atoms with Crippen LogP contribution in [0.25, 0.3) is 10.9 Å². The molecule has 1 heterocycles. The predicted molar refractivity (Wildman–Crippen MR) is 70.0 cm³/mol. The number of benzene rings is 1. The molecule has 1 N–H and O–H groups in total. The van der Waals surface area contributed by atoms with Crippen LogP contribution in [0.15, 0.2) is 24.3 Å². The Balaban J connectivity index is 2.53. The maximum absolute atomic E-state index is 9.70. The zero-order chi connectivity index (χ0) is 11.5. The Bertz CT molecular complexity index is 511. The van der Waals surface area contributed by atoms with Crippen LogP contribution in [0.2, 0.25) is 0 Å². The summed E-state index contributed by atoms with van der Waals surface area (Å²) in [4.78, 5) is 4.38. The number of hydrogen-bond donors (Lipinski definition) is 1. The van der Waals surface area contributed by atoms with Gasteiger partial charge < -0.3 is 5.11 Å². The zero-order valence-corrected chi connectivity index (χ0v) is 10.3. The second kappa shape index (κ2) is 4.74. The number of fused-ring (bicyclic) bond motifs is 1. The van der Waals surface area contributed by atoms with Crippen LogP contribution in [0.3, 0.4) is 0 Å². The number of thioether (sulfide) groups is 1. The third kappa shape index (κ3) is 2.14. The van der Waals surface area contributed by atoms with Crippen LogP contribution in [0, 0.1) is 6.92 Å². The first-order chi connectivity index (χ1) is 7.72. The van der Waals surface area contributed by atoms with Gasteiger partial charge in [-0.25, -0.2) is 4.98 Å². The number of hydrogen-bond acceptors (Lipinski definition) is 3. The van der Waals surface area contributed by atoms with E-state index in [-0.39, 0.29) is 5.75 Å². The average molecular weight is 233 g/mol. The van der Waals surface area contributed by atoms with Gasteiger partial charge in [-0.15, -0.1) is 0 Å². The van der Waals surface area contributed by atoms with Crippen LogP contribution in [0.4, 0.5) is 0 Å². The van der Waals surface area contributed by atoms with Crippen molar-refractivity contribution in [2.24, 2.45) is 0 Å². The number of pyridine rings is 1. The van der Waals surface area contributed by atoms with Crippen LogP contribution in [-0.4, -0.2) is 15.8 Å². The Morgan fingerprint density at radius 1 is 1.38 bits per heavy atom. The fourth-order valence-corrected chi connectivity index (χ4v) is 2.36. The van der Waals surface area contributed by atoms with E-state index < -0.39 is 0 Å². The van der Waals surface area contributed by atoms with Crippen molar-refractivity contribution >= 4 is 22.7 Å². The molecule has 2 rings (SSSR count). The second-order valence-corrected chi connectivity index (χ2v) is 4.99. The molecule has 0 fully saturated rings. The molecule has 0 spiro atoms. The molecule has 0 saturated heterocycles. The number of rotatable bonds is 3. The first kappa shape index (κ1) is 11.3. The minimum Gasteiger partial charge on any atom is -0.506 e. The molecule has 84 valence electrons. The predicted octanol–water partition coefficient (Wildman–Crippen LogP) is 3.50. The van der Waals surface area contributed by atoms with E-state index in [4.69, 9.17) is 0 Å². The highest BCUT2D eigenvalue weighted by Gasteiger charge is 2.05. The molecule has 2 aromatic rings. The van der Waals surface area contributed by atoms with E-state index in [1.54, 1.807) is 0 Å². The topological polar surface area (TPSA) is 33.1 Å². The van der Waals surface area contributed by atoms with Crippen LogP contribution >= 0.6 is 11.8 Å². The summed E-state index contributed by atoms with van der Waals surface area (Å²) in [6, 6.07) is 7.93. The van der Waals surface area contributed by atoms with Gasteiger partial charge in [0, 0.05) is 11.1 Å². The molecule has 0 bridgehead atoms. The first-order valence-corrected chi connectivity index (χ1v) is 6.53. The molecule has 0 aliphatic rings. The summed E-state index contributed by atoms with van der Waals surface area (Å²) in [5, 5.41) is 10.8. The first-order valence-electron chi connectivity index (χ1n) is 5.38. The zero-order valence-electron chi connectivity index (χ0n) is 9.53. The molecular weight excluding hydrogens is 218 g/mol. The number of aromatic hydroxyl groups is 1. The van der Waals surface area contributed by atoms with Crippen molar-refractivity contribution in [3.63, 3.8) is 0 Å². The molecule has 0 atom stereocenters. The van der Waals surface area contributed by atoms with Gasteiger partial charge in [0.05, 0.1) is 11.2 Å². The lowest BCUT2D eigenvalue weighted by atomic mass is 10.1. The minimum absolute atomic E-state index is 0.279. The molecule has 0 radical (unpaired) electrons. The number of aromatic nitrogens is 1. The van der Waals surface area contributed by atoms with Crippen molar-refractivity contribution < 1.29 is 5.11 Å². The third-order valence-electron chi connectivity index (χ3n) is 2.58. The summed E-state index contributed by atoms with van der Waals surface area (Å²) in [7, 11) is 0. The molecular formula is C13H15NOS. The molecule has 0 amide bonds. The summed E-state index contributed by atoms with van der Waals surface area (Å²) in [6.45, 7) is 3.97.